The lowest BCUT2D eigenvalue weighted by molar-refractivity contribution is 0.173. The van der Waals surface area contributed by atoms with E-state index in [-0.39, 0.29) is 0 Å². The molecule has 10 nitrogen and oxygen atoms in total. The van der Waals surface area contributed by atoms with Crippen molar-refractivity contribution in [3.63, 3.8) is 0 Å². The van der Waals surface area contributed by atoms with Crippen LogP contribution in [0.2, 0.25) is 0 Å². The van der Waals surface area contributed by atoms with Gasteiger partial charge in [0.2, 0.25) is 0 Å². The molecule has 10 heteroatoms. The van der Waals surface area contributed by atoms with Crippen LogP contribution in [0.25, 0.3) is 11.2 Å². The Balaban J connectivity index is 1.37. The smallest absolute Gasteiger partial charge is 0.405 e. The third-order valence-corrected chi connectivity index (χ3v) is 7.87. The Labute approximate surface area is 227 Å². The standard InChI is InChI=1S/C29H33N7O3/c1-29(32-28(37)38)13-16-34(17-14-29)24-18-30-25-26(31-24)36(19-20-9-11-22(39-2)12-10-20)33-27(25)35-15-5-7-21-6-3-4-8-23(21)35/h3-4,6,8-12,18,32H,5,7,13-17,19H2,1-2H3,(H,37,38). The van der Waals surface area contributed by atoms with Gasteiger partial charge in [-0.2, -0.15) is 5.10 Å². The fourth-order valence-corrected chi connectivity index (χ4v) is 5.63. The van der Waals surface area contributed by atoms with E-state index in [4.69, 9.17) is 19.8 Å². The Morgan fingerprint density at radius 2 is 1.87 bits per heavy atom. The molecule has 4 heterocycles. The Morgan fingerprint density at radius 1 is 1.10 bits per heavy atom. The van der Waals surface area contributed by atoms with E-state index >= 15 is 0 Å². The molecule has 0 bridgehead atoms. The number of methoxy groups -OCH3 is 1. The van der Waals surface area contributed by atoms with Crippen LogP contribution in [0.3, 0.4) is 0 Å². The van der Waals surface area contributed by atoms with Crippen molar-refractivity contribution in [3.05, 3.63) is 65.9 Å². The summed E-state index contributed by atoms with van der Waals surface area (Å²) >= 11 is 0. The highest BCUT2D eigenvalue weighted by Gasteiger charge is 2.33. The highest BCUT2D eigenvalue weighted by atomic mass is 16.5. The maximum Gasteiger partial charge on any atom is 0.405 e. The second-order valence-corrected chi connectivity index (χ2v) is 10.6. The van der Waals surface area contributed by atoms with E-state index in [0.717, 1.165) is 53.5 Å². The summed E-state index contributed by atoms with van der Waals surface area (Å²) in [5.74, 6) is 2.41. The van der Waals surface area contributed by atoms with Crippen LogP contribution in [-0.2, 0) is 13.0 Å². The SMILES string of the molecule is COc1ccc(Cn2nc(N3CCCc4ccccc43)c3ncc(N4CCC(C)(NC(=O)O)CC4)nc32)cc1. The van der Waals surface area contributed by atoms with Crippen molar-refractivity contribution in [2.45, 2.75) is 44.7 Å². The van der Waals surface area contributed by atoms with E-state index in [1.807, 2.05) is 42.1 Å². The Bertz CT molecular complexity index is 1490. The fraction of sp³-hybridized carbons (Fsp3) is 0.379. The molecule has 1 amide bonds. The van der Waals surface area contributed by atoms with E-state index in [1.165, 1.54) is 11.3 Å². The van der Waals surface area contributed by atoms with Crippen molar-refractivity contribution < 1.29 is 14.6 Å². The monoisotopic (exact) mass is 527 g/mol. The summed E-state index contributed by atoms with van der Waals surface area (Å²) in [6.45, 7) is 4.76. The van der Waals surface area contributed by atoms with Crippen LogP contribution in [0.5, 0.6) is 5.75 Å². The number of fused-ring (bicyclic) bond motifs is 2. The largest absolute Gasteiger partial charge is 0.497 e. The first kappa shape index (κ1) is 25.0. The van der Waals surface area contributed by atoms with Crippen LogP contribution in [-0.4, -0.2) is 63.2 Å². The molecule has 2 aliphatic rings. The van der Waals surface area contributed by atoms with Crippen molar-refractivity contribution in [1.29, 1.82) is 0 Å². The van der Waals surface area contributed by atoms with E-state index < -0.39 is 11.6 Å². The van der Waals surface area contributed by atoms with E-state index in [2.05, 4.69) is 39.4 Å². The summed E-state index contributed by atoms with van der Waals surface area (Å²) in [7, 11) is 1.66. The second kappa shape index (κ2) is 10.1. The van der Waals surface area contributed by atoms with Crippen molar-refractivity contribution >= 4 is 34.6 Å². The molecule has 2 aliphatic heterocycles. The van der Waals surface area contributed by atoms with Crippen molar-refractivity contribution in [1.82, 2.24) is 25.1 Å². The molecule has 4 aromatic rings. The number of aromatic nitrogens is 4. The van der Waals surface area contributed by atoms with Gasteiger partial charge >= 0.3 is 6.09 Å². The summed E-state index contributed by atoms with van der Waals surface area (Å²) in [5.41, 5.74) is 4.65. The molecule has 6 rings (SSSR count). The minimum Gasteiger partial charge on any atom is -0.497 e. The van der Waals surface area contributed by atoms with Gasteiger partial charge in [-0.25, -0.2) is 19.4 Å². The summed E-state index contributed by atoms with van der Waals surface area (Å²) < 4.78 is 7.28. The number of hydrogen-bond acceptors (Lipinski definition) is 7. The molecule has 0 radical (unpaired) electrons. The van der Waals surface area contributed by atoms with Gasteiger partial charge in [0.1, 0.15) is 11.6 Å². The number of aryl methyl sites for hydroxylation is 1. The first-order valence-electron chi connectivity index (χ1n) is 13.4. The lowest BCUT2D eigenvalue weighted by atomic mass is 9.90. The molecule has 0 atom stereocenters. The number of nitrogens with one attached hydrogen (secondary N) is 1. The van der Waals surface area contributed by atoms with Gasteiger partial charge in [0, 0.05) is 30.9 Å². The Morgan fingerprint density at radius 3 is 2.62 bits per heavy atom. The van der Waals surface area contributed by atoms with Gasteiger partial charge in [0.25, 0.3) is 0 Å². The minimum atomic E-state index is -0.985. The maximum atomic E-state index is 11.2. The second-order valence-electron chi connectivity index (χ2n) is 10.6. The number of rotatable bonds is 6. The van der Waals surface area contributed by atoms with Gasteiger partial charge in [0.15, 0.2) is 17.0 Å². The number of hydrogen-bond donors (Lipinski definition) is 2. The quantitative estimate of drug-likeness (QED) is 0.375. The average molecular weight is 528 g/mol. The van der Waals surface area contributed by atoms with Crippen molar-refractivity contribution in [3.8, 4) is 5.75 Å². The molecule has 202 valence electrons. The summed E-state index contributed by atoms with van der Waals surface area (Å²) in [5, 5.41) is 17.0. The highest BCUT2D eigenvalue weighted by Crippen LogP contribution is 2.36. The first-order valence-corrected chi connectivity index (χ1v) is 13.4. The lowest BCUT2D eigenvalue weighted by Crippen LogP contribution is -2.53. The van der Waals surface area contributed by atoms with E-state index in [0.29, 0.717) is 32.5 Å². The topological polar surface area (TPSA) is 109 Å². The molecular weight excluding hydrogens is 494 g/mol. The number of ether oxygens (including phenoxy) is 1. The third-order valence-electron chi connectivity index (χ3n) is 7.87. The predicted octanol–water partition coefficient (Wildman–Crippen LogP) is 4.59. The molecular formula is C29H33N7O3. The van der Waals surface area contributed by atoms with Crippen LogP contribution in [0.4, 0.5) is 22.1 Å². The van der Waals surface area contributed by atoms with Crippen molar-refractivity contribution in [2.75, 3.05) is 36.5 Å². The average Bonchev–Trinajstić information content (AvgIpc) is 3.30. The zero-order chi connectivity index (χ0) is 27.0. The van der Waals surface area contributed by atoms with Crippen LogP contribution in [0.1, 0.15) is 37.3 Å². The van der Waals surface area contributed by atoms with E-state index in [1.54, 1.807) is 7.11 Å². The Hall–Kier alpha value is -4.34. The normalized spacial score (nSPS) is 16.7. The van der Waals surface area contributed by atoms with Gasteiger partial charge in [-0.15, -0.1) is 0 Å². The molecule has 39 heavy (non-hydrogen) atoms. The Kier molecular flexibility index (Phi) is 6.46. The predicted molar refractivity (Wildman–Crippen MR) is 150 cm³/mol. The molecule has 0 aliphatic carbocycles. The number of carbonyl (C=O) groups is 1. The summed E-state index contributed by atoms with van der Waals surface area (Å²) in [6.07, 6.45) is 4.33. The zero-order valence-corrected chi connectivity index (χ0v) is 22.3. The van der Waals surface area contributed by atoms with Gasteiger partial charge in [-0.05, 0) is 61.9 Å². The number of amides is 1. The number of carboxylic acid groups (broad SMARTS) is 1. The van der Waals surface area contributed by atoms with E-state index in [9.17, 15) is 9.90 Å². The molecule has 2 aromatic carbocycles. The molecule has 0 unspecified atom stereocenters. The highest BCUT2D eigenvalue weighted by molar-refractivity contribution is 5.88. The van der Waals surface area contributed by atoms with Gasteiger partial charge in [0.05, 0.1) is 19.9 Å². The van der Waals surface area contributed by atoms with Gasteiger partial charge in [-0.1, -0.05) is 30.3 Å². The van der Waals surface area contributed by atoms with Crippen molar-refractivity contribution in [2.24, 2.45) is 0 Å². The number of nitrogens with zero attached hydrogens (tertiary/aromatic N) is 6. The van der Waals surface area contributed by atoms with Crippen LogP contribution < -0.4 is 19.9 Å². The molecule has 1 saturated heterocycles. The third kappa shape index (κ3) is 4.94. The minimum absolute atomic E-state index is 0.440. The first-order chi connectivity index (χ1) is 18.9. The van der Waals surface area contributed by atoms with Gasteiger partial charge in [-0.3, -0.25) is 0 Å². The summed E-state index contributed by atoms with van der Waals surface area (Å²) in [6, 6.07) is 16.5. The number of para-hydroxylation sites is 1. The fourth-order valence-electron chi connectivity index (χ4n) is 5.63. The number of anilines is 3. The summed E-state index contributed by atoms with van der Waals surface area (Å²) in [4.78, 5) is 25.7. The number of piperidine rings is 1. The molecule has 2 aromatic heterocycles. The lowest BCUT2D eigenvalue weighted by Gasteiger charge is -2.39. The van der Waals surface area contributed by atoms with Gasteiger partial charge < -0.3 is 25.0 Å². The molecule has 1 fully saturated rings. The number of benzene rings is 2. The molecule has 2 N–H and O–H groups in total. The molecule has 0 spiro atoms. The van der Waals surface area contributed by atoms with Crippen LogP contribution in [0, 0.1) is 0 Å². The maximum absolute atomic E-state index is 11.2. The zero-order valence-electron chi connectivity index (χ0n) is 22.3. The van der Waals surface area contributed by atoms with Crippen LogP contribution in [0.15, 0.2) is 54.7 Å². The van der Waals surface area contributed by atoms with Crippen LogP contribution >= 0.6 is 0 Å². The molecule has 0 saturated carbocycles.